The van der Waals surface area contributed by atoms with Crippen LogP contribution in [0.15, 0.2) is 0 Å². The van der Waals surface area contributed by atoms with Gasteiger partial charge in [0.25, 0.3) is 0 Å². The molecule has 0 aliphatic carbocycles. The van der Waals surface area contributed by atoms with Gasteiger partial charge in [-0.1, -0.05) is 27.7 Å². The van der Waals surface area contributed by atoms with Crippen molar-refractivity contribution >= 4 is 0 Å². The van der Waals surface area contributed by atoms with Gasteiger partial charge in [-0.3, -0.25) is 5.10 Å². The van der Waals surface area contributed by atoms with E-state index in [4.69, 9.17) is 5.73 Å². The molecule has 0 spiro atoms. The van der Waals surface area contributed by atoms with Crippen molar-refractivity contribution in [3.8, 4) is 0 Å². The summed E-state index contributed by atoms with van der Waals surface area (Å²) in [4.78, 5) is 0. The molecule has 0 fully saturated rings. The Kier molecular flexibility index (Phi) is 3.69. The summed E-state index contributed by atoms with van der Waals surface area (Å²) in [7, 11) is 0. The molecule has 14 heavy (non-hydrogen) atoms. The van der Waals surface area contributed by atoms with E-state index < -0.39 is 0 Å². The maximum Gasteiger partial charge on any atom is 0.0695 e. The summed E-state index contributed by atoms with van der Waals surface area (Å²) in [5.74, 6) is 1.09. The second kappa shape index (κ2) is 4.60. The SMILES string of the molecule is CC(C)Cc1[nH]nc(C(C)C)c1CN. The Hall–Kier alpha value is -0.830. The largest absolute Gasteiger partial charge is 0.326 e. The van der Waals surface area contributed by atoms with Gasteiger partial charge in [-0.2, -0.15) is 5.10 Å². The molecule has 3 N–H and O–H groups in total. The van der Waals surface area contributed by atoms with Crippen LogP contribution in [0.25, 0.3) is 0 Å². The molecule has 0 bridgehead atoms. The molecular weight excluding hydrogens is 174 g/mol. The van der Waals surface area contributed by atoms with Crippen molar-refractivity contribution in [1.82, 2.24) is 10.2 Å². The van der Waals surface area contributed by atoms with Gasteiger partial charge in [0.1, 0.15) is 0 Å². The van der Waals surface area contributed by atoms with Gasteiger partial charge in [-0.15, -0.1) is 0 Å². The summed E-state index contributed by atoms with van der Waals surface area (Å²) in [5.41, 5.74) is 9.31. The Bertz CT molecular complexity index is 287. The smallest absolute Gasteiger partial charge is 0.0695 e. The Morgan fingerprint density at radius 2 is 1.93 bits per heavy atom. The molecule has 0 radical (unpaired) electrons. The summed E-state index contributed by atoms with van der Waals surface area (Å²) < 4.78 is 0. The van der Waals surface area contributed by atoms with E-state index in [-0.39, 0.29) is 0 Å². The molecule has 0 saturated carbocycles. The van der Waals surface area contributed by atoms with Crippen molar-refractivity contribution in [1.29, 1.82) is 0 Å². The van der Waals surface area contributed by atoms with E-state index in [9.17, 15) is 0 Å². The zero-order valence-corrected chi connectivity index (χ0v) is 9.59. The topological polar surface area (TPSA) is 54.7 Å². The van der Waals surface area contributed by atoms with Crippen LogP contribution in [0.2, 0.25) is 0 Å². The average Bonchev–Trinajstić information content (AvgIpc) is 2.46. The van der Waals surface area contributed by atoms with Crippen molar-refractivity contribution in [2.75, 3.05) is 0 Å². The van der Waals surface area contributed by atoms with Crippen LogP contribution < -0.4 is 5.73 Å². The number of aromatic amines is 1. The maximum absolute atomic E-state index is 5.75. The third-order valence-corrected chi connectivity index (χ3v) is 2.35. The van der Waals surface area contributed by atoms with E-state index in [2.05, 4.69) is 37.9 Å². The predicted molar refractivity (Wildman–Crippen MR) is 59.1 cm³/mol. The fraction of sp³-hybridized carbons (Fsp3) is 0.727. The van der Waals surface area contributed by atoms with Crippen LogP contribution in [0.4, 0.5) is 0 Å². The Morgan fingerprint density at radius 1 is 1.29 bits per heavy atom. The van der Waals surface area contributed by atoms with Gasteiger partial charge in [0.05, 0.1) is 5.69 Å². The quantitative estimate of drug-likeness (QED) is 0.773. The van der Waals surface area contributed by atoms with Crippen LogP contribution >= 0.6 is 0 Å². The number of rotatable bonds is 4. The second-order valence-corrected chi connectivity index (χ2v) is 4.52. The van der Waals surface area contributed by atoms with Gasteiger partial charge in [0.2, 0.25) is 0 Å². The summed E-state index contributed by atoms with van der Waals surface area (Å²) in [6.07, 6.45) is 1.03. The fourth-order valence-corrected chi connectivity index (χ4v) is 1.70. The number of hydrogen-bond acceptors (Lipinski definition) is 2. The summed E-state index contributed by atoms with van der Waals surface area (Å²) in [6.45, 7) is 9.29. The number of hydrogen-bond donors (Lipinski definition) is 2. The molecule has 1 heterocycles. The molecule has 80 valence electrons. The molecule has 0 aliphatic rings. The van der Waals surface area contributed by atoms with E-state index in [0.29, 0.717) is 18.4 Å². The molecule has 0 amide bonds. The summed E-state index contributed by atoms with van der Waals surface area (Å²) >= 11 is 0. The normalized spacial score (nSPS) is 11.6. The van der Waals surface area contributed by atoms with Crippen LogP contribution in [-0.2, 0) is 13.0 Å². The lowest BCUT2D eigenvalue weighted by Gasteiger charge is -2.07. The average molecular weight is 195 g/mol. The predicted octanol–water partition coefficient (Wildman–Crippen LogP) is 2.19. The van der Waals surface area contributed by atoms with E-state index in [1.165, 1.54) is 11.3 Å². The first-order valence-electron chi connectivity index (χ1n) is 5.32. The molecule has 0 atom stereocenters. The van der Waals surface area contributed by atoms with E-state index in [1.807, 2.05) is 0 Å². The van der Waals surface area contributed by atoms with Gasteiger partial charge >= 0.3 is 0 Å². The van der Waals surface area contributed by atoms with Gasteiger partial charge in [-0.05, 0) is 18.3 Å². The summed E-state index contributed by atoms with van der Waals surface area (Å²) in [5, 5.41) is 7.44. The van der Waals surface area contributed by atoms with E-state index >= 15 is 0 Å². The minimum absolute atomic E-state index is 0.450. The van der Waals surface area contributed by atoms with Crippen LogP contribution in [0.3, 0.4) is 0 Å². The van der Waals surface area contributed by atoms with Crippen LogP contribution in [0, 0.1) is 5.92 Å². The van der Waals surface area contributed by atoms with Crippen LogP contribution in [0.5, 0.6) is 0 Å². The van der Waals surface area contributed by atoms with Crippen molar-refractivity contribution in [3.63, 3.8) is 0 Å². The molecule has 0 saturated heterocycles. The van der Waals surface area contributed by atoms with Gasteiger partial charge in [0, 0.05) is 17.8 Å². The molecule has 0 aliphatic heterocycles. The highest BCUT2D eigenvalue weighted by Gasteiger charge is 2.14. The van der Waals surface area contributed by atoms with E-state index in [1.54, 1.807) is 0 Å². The van der Waals surface area contributed by atoms with Crippen molar-refractivity contribution in [3.05, 3.63) is 17.0 Å². The molecule has 0 unspecified atom stereocenters. The van der Waals surface area contributed by atoms with Crippen LogP contribution in [-0.4, -0.2) is 10.2 Å². The monoisotopic (exact) mass is 195 g/mol. The molecule has 0 aromatic carbocycles. The molecule has 1 aromatic rings. The van der Waals surface area contributed by atoms with Crippen molar-refractivity contribution < 1.29 is 0 Å². The lowest BCUT2D eigenvalue weighted by molar-refractivity contribution is 0.629. The molecule has 3 nitrogen and oxygen atoms in total. The van der Waals surface area contributed by atoms with Crippen molar-refractivity contribution in [2.24, 2.45) is 11.7 Å². The first-order valence-corrected chi connectivity index (χ1v) is 5.32. The highest BCUT2D eigenvalue weighted by Crippen LogP contribution is 2.21. The third kappa shape index (κ3) is 2.35. The van der Waals surface area contributed by atoms with Gasteiger partial charge < -0.3 is 5.73 Å². The Labute approximate surface area is 86.1 Å². The lowest BCUT2D eigenvalue weighted by atomic mass is 9.99. The minimum atomic E-state index is 0.450. The number of aromatic nitrogens is 2. The maximum atomic E-state index is 5.75. The first kappa shape index (κ1) is 11.2. The molecule has 1 aromatic heterocycles. The number of H-pyrrole nitrogens is 1. The molecule has 3 heteroatoms. The molecular formula is C11H21N3. The highest BCUT2D eigenvalue weighted by molar-refractivity contribution is 5.27. The fourth-order valence-electron chi connectivity index (χ4n) is 1.70. The Morgan fingerprint density at radius 3 is 2.36 bits per heavy atom. The van der Waals surface area contributed by atoms with Gasteiger partial charge in [-0.25, -0.2) is 0 Å². The Balaban J connectivity index is 2.95. The number of nitrogens with zero attached hydrogens (tertiary/aromatic N) is 1. The third-order valence-electron chi connectivity index (χ3n) is 2.35. The molecule has 1 rings (SSSR count). The number of nitrogens with two attached hydrogens (primary N) is 1. The zero-order valence-electron chi connectivity index (χ0n) is 9.59. The zero-order chi connectivity index (χ0) is 10.7. The standard InChI is InChI=1S/C11H21N3/c1-7(2)5-10-9(6-12)11(8(3)4)14-13-10/h7-8H,5-6,12H2,1-4H3,(H,13,14). The lowest BCUT2D eigenvalue weighted by Crippen LogP contribution is -2.05. The highest BCUT2D eigenvalue weighted by atomic mass is 15.1. The second-order valence-electron chi connectivity index (χ2n) is 4.52. The van der Waals surface area contributed by atoms with Gasteiger partial charge in [0.15, 0.2) is 0 Å². The summed E-state index contributed by atoms with van der Waals surface area (Å²) in [6, 6.07) is 0. The minimum Gasteiger partial charge on any atom is -0.326 e. The van der Waals surface area contributed by atoms with E-state index in [0.717, 1.165) is 12.1 Å². The first-order chi connectivity index (χ1) is 6.56. The van der Waals surface area contributed by atoms with Crippen molar-refractivity contribution in [2.45, 2.75) is 46.6 Å². The number of nitrogens with one attached hydrogen (secondary N) is 1. The van der Waals surface area contributed by atoms with Crippen LogP contribution in [0.1, 0.15) is 50.6 Å².